The van der Waals surface area contributed by atoms with Gasteiger partial charge >= 0.3 is 6.03 Å². The number of nitrogens with one attached hydrogen (secondary N) is 4. The minimum Gasteiger partial charge on any atom is -0.338 e. The van der Waals surface area contributed by atoms with Gasteiger partial charge < -0.3 is 10.3 Å². The number of halogens is 1. The number of amides is 2. The lowest BCUT2D eigenvalue weighted by Crippen LogP contribution is -2.28. The minimum absolute atomic E-state index is 0.234. The van der Waals surface area contributed by atoms with Crippen LogP contribution in [-0.2, 0) is 0 Å². The third-order valence-electron chi connectivity index (χ3n) is 4.08. The van der Waals surface area contributed by atoms with Crippen molar-refractivity contribution in [2.45, 2.75) is 6.92 Å². The van der Waals surface area contributed by atoms with E-state index in [1.165, 1.54) is 0 Å². The molecule has 2 heterocycles. The highest BCUT2D eigenvalue weighted by atomic mass is 79.9. The van der Waals surface area contributed by atoms with Crippen LogP contribution in [0, 0.1) is 0 Å². The van der Waals surface area contributed by atoms with Crippen LogP contribution in [-0.4, -0.2) is 32.7 Å². The van der Waals surface area contributed by atoms with Crippen molar-refractivity contribution >= 4 is 49.7 Å². The summed E-state index contributed by atoms with van der Waals surface area (Å²) in [6.45, 7) is 2.35. The first kappa shape index (κ1) is 17.2. The number of nitrogens with zero attached hydrogens (tertiary/aromatic N) is 2. The molecule has 136 valence electrons. The molecule has 4 rings (SSSR count). The number of H-pyrrole nitrogens is 2. The number of benzene rings is 2. The number of hydrogen-bond acceptors (Lipinski definition) is 4. The second-order valence-electron chi connectivity index (χ2n) is 5.87. The van der Waals surface area contributed by atoms with E-state index in [1.807, 2.05) is 37.3 Å². The van der Waals surface area contributed by atoms with E-state index in [1.54, 1.807) is 6.07 Å². The van der Waals surface area contributed by atoms with Crippen molar-refractivity contribution in [2.24, 2.45) is 0 Å². The second kappa shape index (κ2) is 6.84. The molecule has 0 aliphatic carbocycles. The molecule has 0 atom stereocenters. The molecular weight excluding hydrogens is 412 g/mol. The summed E-state index contributed by atoms with van der Waals surface area (Å²) < 4.78 is 0.767. The fourth-order valence-corrected chi connectivity index (χ4v) is 3.46. The number of aromatic nitrogens is 4. The van der Waals surface area contributed by atoms with Crippen molar-refractivity contribution in [1.29, 1.82) is 0 Å². The molecule has 0 radical (unpaired) electrons. The number of rotatable bonds is 3. The molecule has 2 aromatic carbocycles. The number of imidazole rings is 1. The van der Waals surface area contributed by atoms with E-state index in [9.17, 15) is 9.59 Å². The normalized spacial score (nSPS) is 11.0. The van der Waals surface area contributed by atoms with E-state index in [0.29, 0.717) is 29.1 Å². The number of carbonyl (C=O) groups is 1. The lowest BCUT2D eigenvalue weighted by Gasteiger charge is -2.06. The lowest BCUT2D eigenvalue weighted by atomic mass is 10.0. The minimum atomic E-state index is -0.332. The highest BCUT2D eigenvalue weighted by Gasteiger charge is 2.14. The predicted molar refractivity (Wildman–Crippen MR) is 108 cm³/mol. The molecule has 0 unspecified atom stereocenters. The van der Waals surface area contributed by atoms with Crippen LogP contribution in [0.1, 0.15) is 6.92 Å². The van der Waals surface area contributed by atoms with Crippen molar-refractivity contribution in [3.8, 4) is 11.3 Å². The van der Waals surface area contributed by atoms with Gasteiger partial charge in [0.15, 0.2) is 0 Å². The van der Waals surface area contributed by atoms with Gasteiger partial charge in [-0.25, -0.2) is 14.9 Å². The molecule has 0 spiro atoms. The Bertz CT molecular complexity index is 1230. The quantitative estimate of drug-likeness (QED) is 0.401. The number of carbonyl (C=O) groups excluding carboxylic acids is 1. The Morgan fingerprint density at radius 2 is 2.00 bits per heavy atom. The SMILES string of the molecule is CCNC(=O)Nc1nc2cc(-c3n[nH]c(=O)c4ccccc34)cc(Br)c2[nH]1. The number of hydrogen-bond donors (Lipinski definition) is 4. The average molecular weight is 427 g/mol. The van der Waals surface area contributed by atoms with Gasteiger partial charge in [0.2, 0.25) is 5.95 Å². The van der Waals surface area contributed by atoms with Crippen molar-refractivity contribution in [1.82, 2.24) is 25.5 Å². The summed E-state index contributed by atoms with van der Waals surface area (Å²) in [6, 6.07) is 10.7. The Labute approximate surface area is 161 Å². The van der Waals surface area contributed by atoms with Crippen LogP contribution in [0.15, 0.2) is 45.7 Å². The summed E-state index contributed by atoms with van der Waals surface area (Å²) in [4.78, 5) is 31.2. The van der Waals surface area contributed by atoms with Crippen LogP contribution in [0.4, 0.5) is 10.7 Å². The summed E-state index contributed by atoms with van der Waals surface area (Å²) in [5.74, 6) is 0.341. The highest BCUT2D eigenvalue weighted by Crippen LogP contribution is 2.32. The molecule has 4 N–H and O–H groups in total. The maximum atomic E-state index is 12.0. The largest absolute Gasteiger partial charge is 0.338 e. The van der Waals surface area contributed by atoms with E-state index >= 15 is 0 Å². The third-order valence-corrected chi connectivity index (χ3v) is 4.71. The molecule has 2 aromatic heterocycles. The molecule has 8 nitrogen and oxygen atoms in total. The topological polar surface area (TPSA) is 116 Å². The summed E-state index contributed by atoms with van der Waals surface area (Å²) in [5.41, 5.74) is 2.61. The first-order valence-electron chi connectivity index (χ1n) is 8.28. The van der Waals surface area contributed by atoms with Crippen molar-refractivity contribution in [3.05, 3.63) is 51.2 Å². The lowest BCUT2D eigenvalue weighted by molar-refractivity contribution is 0.252. The van der Waals surface area contributed by atoms with Crippen molar-refractivity contribution in [2.75, 3.05) is 11.9 Å². The zero-order valence-corrected chi connectivity index (χ0v) is 15.8. The van der Waals surface area contributed by atoms with E-state index in [0.717, 1.165) is 20.9 Å². The predicted octanol–water partition coefficient (Wildman–Crippen LogP) is 3.37. The van der Waals surface area contributed by atoms with Gasteiger partial charge in [-0.15, -0.1) is 0 Å². The first-order valence-corrected chi connectivity index (χ1v) is 9.08. The maximum absolute atomic E-state index is 12.0. The van der Waals surface area contributed by atoms with Crippen molar-refractivity contribution in [3.63, 3.8) is 0 Å². The molecule has 0 fully saturated rings. The van der Waals surface area contributed by atoms with Gasteiger partial charge in [0.1, 0.15) is 0 Å². The molecule has 0 aliphatic heterocycles. The van der Waals surface area contributed by atoms with Crippen molar-refractivity contribution < 1.29 is 4.79 Å². The molecule has 4 aromatic rings. The maximum Gasteiger partial charge on any atom is 0.321 e. The van der Waals surface area contributed by atoms with Gasteiger partial charge in [0, 0.05) is 22.0 Å². The monoisotopic (exact) mass is 426 g/mol. The zero-order chi connectivity index (χ0) is 19.0. The Balaban J connectivity index is 1.83. The summed E-state index contributed by atoms with van der Waals surface area (Å²) in [7, 11) is 0. The smallest absolute Gasteiger partial charge is 0.321 e. The highest BCUT2D eigenvalue weighted by molar-refractivity contribution is 9.10. The number of fused-ring (bicyclic) bond motifs is 2. The molecule has 9 heteroatoms. The van der Waals surface area contributed by atoms with E-state index in [2.05, 4.69) is 46.7 Å². The summed E-state index contributed by atoms with van der Waals surface area (Å²) in [5, 5.41) is 13.4. The zero-order valence-electron chi connectivity index (χ0n) is 14.3. The van der Waals surface area contributed by atoms with E-state index < -0.39 is 0 Å². The molecule has 0 bridgehead atoms. The van der Waals surface area contributed by atoms with E-state index in [4.69, 9.17) is 0 Å². The first-order chi connectivity index (χ1) is 13.1. The fraction of sp³-hybridized carbons (Fsp3) is 0.111. The summed E-state index contributed by atoms with van der Waals surface area (Å²) in [6.07, 6.45) is 0. The van der Waals surface area contributed by atoms with Gasteiger partial charge in [-0.2, -0.15) is 5.10 Å². The number of aromatic amines is 2. The standard InChI is InChI=1S/C18H15BrN6O2/c1-2-20-18(27)23-17-21-13-8-9(7-12(19)15(13)22-17)14-10-5-3-4-6-11(10)16(26)25-24-14/h3-8H,2H2,1H3,(H,25,26)(H3,20,21,22,23,27). The molecule has 2 amide bonds. The number of urea groups is 1. The molecular formula is C18H15BrN6O2. The van der Waals surface area contributed by atoms with Gasteiger partial charge in [0.05, 0.1) is 22.1 Å². The summed E-state index contributed by atoms with van der Waals surface area (Å²) >= 11 is 3.53. The Hall–Kier alpha value is -3.20. The van der Waals surface area contributed by atoms with Crippen LogP contribution in [0.5, 0.6) is 0 Å². The van der Waals surface area contributed by atoms with Gasteiger partial charge in [-0.05, 0) is 41.1 Å². The van der Waals surface area contributed by atoms with Crippen LogP contribution >= 0.6 is 15.9 Å². The molecule has 0 saturated heterocycles. The second-order valence-corrected chi connectivity index (χ2v) is 6.72. The van der Waals surface area contributed by atoms with Crippen LogP contribution in [0.2, 0.25) is 0 Å². The Morgan fingerprint density at radius 3 is 2.78 bits per heavy atom. The van der Waals surface area contributed by atoms with Crippen LogP contribution in [0.3, 0.4) is 0 Å². The Morgan fingerprint density at radius 1 is 1.22 bits per heavy atom. The molecule has 0 aliphatic rings. The molecule has 27 heavy (non-hydrogen) atoms. The average Bonchev–Trinajstić information content (AvgIpc) is 3.05. The van der Waals surface area contributed by atoms with Gasteiger partial charge in [-0.3, -0.25) is 10.1 Å². The third kappa shape index (κ3) is 3.17. The van der Waals surface area contributed by atoms with E-state index in [-0.39, 0.29) is 11.6 Å². The van der Waals surface area contributed by atoms with Crippen LogP contribution < -0.4 is 16.2 Å². The van der Waals surface area contributed by atoms with Crippen LogP contribution in [0.25, 0.3) is 33.1 Å². The number of anilines is 1. The Kier molecular flexibility index (Phi) is 4.36. The van der Waals surface area contributed by atoms with Gasteiger partial charge in [-0.1, -0.05) is 18.2 Å². The fourth-order valence-electron chi connectivity index (χ4n) is 2.91. The van der Waals surface area contributed by atoms with Gasteiger partial charge in [0.25, 0.3) is 5.56 Å². The molecule has 0 saturated carbocycles.